The molecule has 19 heavy (non-hydrogen) atoms. The molecule has 0 radical (unpaired) electrons. The van der Waals surface area contributed by atoms with E-state index in [1.807, 2.05) is 0 Å². The van der Waals surface area contributed by atoms with E-state index < -0.39 is 0 Å². The molecule has 108 valence electrons. The van der Waals surface area contributed by atoms with Crippen molar-refractivity contribution in [3.8, 4) is 0 Å². The Morgan fingerprint density at radius 1 is 1.21 bits per heavy atom. The molecule has 0 aliphatic carbocycles. The molecule has 1 aromatic carbocycles. The first kappa shape index (κ1) is 15.8. The van der Waals surface area contributed by atoms with Crippen LogP contribution in [0.3, 0.4) is 0 Å². The lowest BCUT2D eigenvalue weighted by molar-refractivity contribution is 0.127. The third-order valence-corrected chi connectivity index (χ3v) is 4.19. The van der Waals surface area contributed by atoms with Crippen LogP contribution in [0.5, 0.6) is 0 Å². The normalized spacial score (nSPS) is 11.5. The van der Waals surface area contributed by atoms with Crippen molar-refractivity contribution in [3.05, 3.63) is 23.8 Å². The van der Waals surface area contributed by atoms with Crippen LogP contribution in [0, 0.1) is 12.3 Å². The van der Waals surface area contributed by atoms with E-state index >= 15 is 0 Å². The van der Waals surface area contributed by atoms with Gasteiger partial charge in [0.15, 0.2) is 0 Å². The average molecular weight is 264 g/mol. The Morgan fingerprint density at radius 3 is 2.32 bits per heavy atom. The standard InChI is InChI=1S/C16H28N2O/c1-6-16(7-2,12-19)11-17-14-9-8-13(3)15(10-14)18(4)5/h8-10,17,19H,6-7,11-12H2,1-5H3. The Labute approximate surface area is 117 Å². The summed E-state index contributed by atoms with van der Waals surface area (Å²) < 4.78 is 0. The van der Waals surface area contributed by atoms with Gasteiger partial charge in [-0.15, -0.1) is 0 Å². The molecule has 0 spiro atoms. The molecular weight excluding hydrogens is 236 g/mol. The van der Waals surface area contributed by atoms with E-state index in [0.29, 0.717) is 0 Å². The van der Waals surface area contributed by atoms with E-state index in [1.54, 1.807) is 0 Å². The van der Waals surface area contributed by atoms with Gasteiger partial charge in [-0.1, -0.05) is 19.9 Å². The molecule has 0 unspecified atom stereocenters. The Morgan fingerprint density at radius 2 is 1.84 bits per heavy atom. The first-order valence-electron chi connectivity index (χ1n) is 7.10. The van der Waals surface area contributed by atoms with E-state index in [2.05, 4.69) is 63.3 Å². The molecule has 3 heteroatoms. The second-order valence-corrected chi connectivity index (χ2v) is 5.61. The summed E-state index contributed by atoms with van der Waals surface area (Å²) in [5.41, 5.74) is 3.61. The highest BCUT2D eigenvalue weighted by atomic mass is 16.3. The maximum atomic E-state index is 9.59. The highest BCUT2D eigenvalue weighted by molar-refractivity contribution is 5.61. The van der Waals surface area contributed by atoms with Crippen LogP contribution in [0.4, 0.5) is 11.4 Å². The molecule has 0 heterocycles. The molecule has 0 amide bonds. The van der Waals surface area contributed by atoms with Crippen LogP contribution in [0.1, 0.15) is 32.3 Å². The van der Waals surface area contributed by atoms with Crippen molar-refractivity contribution in [2.75, 3.05) is 37.5 Å². The smallest absolute Gasteiger partial charge is 0.0504 e. The highest BCUT2D eigenvalue weighted by Gasteiger charge is 2.24. The van der Waals surface area contributed by atoms with Crippen LogP contribution in [0.2, 0.25) is 0 Å². The minimum atomic E-state index is -0.0107. The second-order valence-electron chi connectivity index (χ2n) is 5.61. The lowest BCUT2D eigenvalue weighted by atomic mass is 9.83. The molecule has 1 aromatic rings. The average Bonchev–Trinajstić information content (AvgIpc) is 2.42. The number of anilines is 2. The van der Waals surface area contributed by atoms with Gasteiger partial charge < -0.3 is 15.3 Å². The summed E-state index contributed by atoms with van der Waals surface area (Å²) in [6.45, 7) is 7.45. The van der Waals surface area contributed by atoms with Crippen molar-refractivity contribution >= 4 is 11.4 Å². The van der Waals surface area contributed by atoms with Gasteiger partial charge in [0.1, 0.15) is 0 Å². The van der Waals surface area contributed by atoms with Crippen LogP contribution >= 0.6 is 0 Å². The van der Waals surface area contributed by atoms with Crippen molar-refractivity contribution < 1.29 is 5.11 Å². The number of aliphatic hydroxyl groups is 1. The summed E-state index contributed by atoms with van der Waals surface area (Å²) >= 11 is 0. The van der Waals surface area contributed by atoms with Gasteiger partial charge in [0.25, 0.3) is 0 Å². The number of hydrogen-bond donors (Lipinski definition) is 2. The van der Waals surface area contributed by atoms with Crippen molar-refractivity contribution in [2.45, 2.75) is 33.6 Å². The lowest BCUT2D eigenvalue weighted by Gasteiger charge is -2.30. The molecule has 0 fully saturated rings. The van der Waals surface area contributed by atoms with Gasteiger partial charge >= 0.3 is 0 Å². The molecule has 0 bridgehead atoms. The predicted octanol–water partition coefficient (Wildman–Crippen LogP) is 3.27. The van der Waals surface area contributed by atoms with Gasteiger partial charge in [0, 0.05) is 37.4 Å². The van der Waals surface area contributed by atoms with Crippen LogP contribution in [-0.2, 0) is 0 Å². The van der Waals surface area contributed by atoms with Crippen LogP contribution in [0.15, 0.2) is 18.2 Å². The minimum absolute atomic E-state index is 0.0107. The number of hydrogen-bond acceptors (Lipinski definition) is 3. The molecule has 0 aliphatic rings. The van der Waals surface area contributed by atoms with Gasteiger partial charge in [-0.25, -0.2) is 0 Å². The molecular formula is C16H28N2O. The van der Waals surface area contributed by atoms with Crippen LogP contribution in [-0.4, -0.2) is 32.4 Å². The number of rotatable bonds is 7. The zero-order chi connectivity index (χ0) is 14.5. The largest absolute Gasteiger partial charge is 0.396 e. The Kier molecular flexibility index (Phi) is 5.67. The Bertz CT molecular complexity index is 389. The van der Waals surface area contributed by atoms with E-state index in [0.717, 1.165) is 25.1 Å². The second kappa shape index (κ2) is 6.80. The molecule has 2 N–H and O–H groups in total. The van der Waals surface area contributed by atoms with E-state index in [-0.39, 0.29) is 12.0 Å². The molecule has 0 atom stereocenters. The van der Waals surface area contributed by atoms with Crippen LogP contribution in [0.25, 0.3) is 0 Å². The minimum Gasteiger partial charge on any atom is -0.396 e. The van der Waals surface area contributed by atoms with Crippen molar-refractivity contribution in [2.24, 2.45) is 5.41 Å². The van der Waals surface area contributed by atoms with Gasteiger partial charge in [-0.2, -0.15) is 0 Å². The Balaban J connectivity index is 2.80. The maximum Gasteiger partial charge on any atom is 0.0504 e. The number of aliphatic hydroxyl groups excluding tert-OH is 1. The van der Waals surface area contributed by atoms with Gasteiger partial charge in [0.05, 0.1) is 6.61 Å². The Hall–Kier alpha value is -1.22. The van der Waals surface area contributed by atoms with Crippen molar-refractivity contribution in [1.29, 1.82) is 0 Å². The van der Waals surface area contributed by atoms with Gasteiger partial charge in [0.2, 0.25) is 0 Å². The first-order chi connectivity index (χ1) is 8.98. The SMILES string of the molecule is CCC(CC)(CO)CNc1ccc(C)c(N(C)C)c1. The number of nitrogens with one attached hydrogen (secondary N) is 1. The zero-order valence-electron chi connectivity index (χ0n) is 13.0. The third kappa shape index (κ3) is 3.87. The molecule has 3 nitrogen and oxygen atoms in total. The van der Waals surface area contributed by atoms with Crippen molar-refractivity contribution in [3.63, 3.8) is 0 Å². The predicted molar refractivity (Wildman–Crippen MR) is 84.1 cm³/mol. The van der Waals surface area contributed by atoms with Crippen molar-refractivity contribution in [1.82, 2.24) is 0 Å². The number of aryl methyl sites for hydroxylation is 1. The summed E-state index contributed by atoms with van der Waals surface area (Å²) in [7, 11) is 4.12. The number of benzene rings is 1. The molecule has 1 rings (SSSR count). The molecule has 0 saturated heterocycles. The van der Waals surface area contributed by atoms with E-state index in [4.69, 9.17) is 0 Å². The fourth-order valence-electron chi connectivity index (χ4n) is 2.27. The fraction of sp³-hybridized carbons (Fsp3) is 0.625. The quantitative estimate of drug-likeness (QED) is 0.793. The molecule has 0 saturated carbocycles. The summed E-state index contributed by atoms with van der Waals surface area (Å²) in [4.78, 5) is 2.12. The van der Waals surface area contributed by atoms with Gasteiger partial charge in [-0.3, -0.25) is 0 Å². The summed E-state index contributed by atoms with van der Waals surface area (Å²) in [5.74, 6) is 0. The highest BCUT2D eigenvalue weighted by Crippen LogP contribution is 2.28. The van der Waals surface area contributed by atoms with Crippen LogP contribution < -0.4 is 10.2 Å². The molecule has 0 aromatic heterocycles. The monoisotopic (exact) mass is 264 g/mol. The summed E-state index contributed by atoms with van der Waals surface area (Å²) in [6.07, 6.45) is 1.97. The zero-order valence-corrected chi connectivity index (χ0v) is 13.0. The lowest BCUT2D eigenvalue weighted by Crippen LogP contribution is -2.32. The topological polar surface area (TPSA) is 35.5 Å². The third-order valence-electron chi connectivity index (χ3n) is 4.19. The number of nitrogens with zero attached hydrogens (tertiary/aromatic N) is 1. The summed E-state index contributed by atoms with van der Waals surface area (Å²) in [6, 6.07) is 6.41. The fourth-order valence-corrected chi connectivity index (χ4v) is 2.27. The first-order valence-corrected chi connectivity index (χ1v) is 7.10. The maximum absolute atomic E-state index is 9.59. The van der Waals surface area contributed by atoms with E-state index in [1.165, 1.54) is 11.3 Å². The van der Waals surface area contributed by atoms with E-state index in [9.17, 15) is 5.11 Å². The summed E-state index contributed by atoms with van der Waals surface area (Å²) in [5, 5.41) is 13.1. The van der Waals surface area contributed by atoms with Gasteiger partial charge in [-0.05, 0) is 37.5 Å². The molecule has 0 aliphatic heterocycles.